The fourth-order valence-corrected chi connectivity index (χ4v) is 2.44. The molecule has 1 nitrogen and oxygen atoms in total. The summed E-state index contributed by atoms with van der Waals surface area (Å²) in [6, 6.07) is 0. The molecule has 0 bridgehead atoms. The lowest BCUT2D eigenvalue weighted by molar-refractivity contribution is 0.364. The molecule has 1 saturated carbocycles. The molecule has 0 aromatic heterocycles. The summed E-state index contributed by atoms with van der Waals surface area (Å²) in [7, 11) is 0. The second kappa shape index (κ2) is 6.90. The Kier molecular flexibility index (Phi) is 5.79. The van der Waals surface area contributed by atoms with E-state index in [2.05, 4.69) is 31.0 Å². The zero-order chi connectivity index (χ0) is 11.1. The van der Waals surface area contributed by atoms with Crippen molar-refractivity contribution in [1.82, 2.24) is 5.32 Å². The van der Waals surface area contributed by atoms with Crippen LogP contribution in [0.25, 0.3) is 0 Å². The summed E-state index contributed by atoms with van der Waals surface area (Å²) in [5.41, 5.74) is 0. The molecule has 15 heavy (non-hydrogen) atoms. The molecule has 1 rings (SSSR count). The minimum Gasteiger partial charge on any atom is -0.316 e. The number of rotatable bonds is 5. The van der Waals surface area contributed by atoms with Crippen LogP contribution in [0.2, 0.25) is 0 Å². The molecular formula is C14H25N. The highest BCUT2D eigenvalue weighted by Crippen LogP contribution is 2.33. The molecule has 0 amide bonds. The Morgan fingerprint density at radius 1 is 1.27 bits per heavy atom. The van der Waals surface area contributed by atoms with E-state index in [4.69, 9.17) is 0 Å². The lowest BCUT2D eigenvalue weighted by atomic mass is 9.93. The second-order valence-corrected chi connectivity index (χ2v) is 5.13. The van der Waals surface area contributed by atoms with Crippen LogP contribution >= 0.6 is 0 Å². The van der Waals surface area contributed by atoms with Crippen LogP contribution in [-0.4, -0.2) is 13.1 Å². The van der Waals surface area contributed by atoms with Crippen molar-refractivity contribution in [2.24, 2.45) is 17.8 Å². The molecular weight excluding hydrogens is 182 g/mol. The zero-order valence-electron chi connectivity index (χ0n) is 10.5. The Labute approximate surface area is 95.0 Å². The van der Waals surface area contributed by atoms with Crippen molar-refractivity contribution in [1.29, 1.82) is 0 Å². The van der Waals surface area contributed by atoms with E-state index in [0.717, 1.165) is 30.7 Å². The van der Waals surface area contributed by atoms with E-state index in [-0.39, 0.29) is 0 Å². The summed E-state index contributed by atoms with van der Waals surface area (Å²) >= 11 is 0. The molecule has 0 heterocycles. The largest absolute Gasteiger partial charge is 0.316 e. The van der Waals surface area contributed by atoms with E-state index >= 15 is 0 Å². The monoisotopic (exact) mass is 207 g/mol. The molecule has 2 unspecified atom stereocenters. The average Bonchev–Trinajstić information content (AvgIpc) is 2.62. The van der Waals surface area contributed by atoms with E-state index in [0.29, 0.717) is 0 Å². The fraction of sp³-hybridized carbons (Fsp3) is 0.857. The molecule has 0 aromatic carbocycles. The molecule has 1 N–H and O–H groups in total. The van der Waals surface area contributed by atoms with Gasteiger partial charge in [0, 0.05) is 6.42 Å². The van der Waals surface area contributed by atoms with Gasteiger partial charge in [-0.1, -0.05) is 20.3 Å². The van der Waals surface area contributed by atoms with Gasteiger partial charge in [0.2, 0.25) is 0 Å². The van der Waals surface area contributed by atoms with Crippen LogP contribution in [-0.2, 0) is 0 Å². The van der Waals surface area contributed by atoms with E-state index < -0.39 is 0 Å². The third kappa shape index (κ3) is 4.71. The summed E-state index contributed by atoms with van der Waals surface area (Å²) in [5.74, 6) is 8.76. The van der Waals surface area contributed by atoms with Crippen molar-refractivity contribution in [3.05, 3.63) is 0 Å². The maximum absolute atomic E-state index is 3.58. The van der Waals surface area contributed by atoms with Crippen molar-refractivity contribution < 1.29 is 0 Å². The summed E-state index contributed by atoms with van der Waals surface area (Å²) in [6.07, 6.45) is 5.32. The molecule has 0 spiro atoms. The Hall–Kier alpha value is -0.480. The summed E-state index contributed by atoms with van der Waals surface area (Å²) in [4.78, 5) is 0. The van der Waals surface area contributed by atoms with Crippen molar-refractivity contribution in [3.8, 4) is 11.8 Å². The van der Waals surface area contributed by atoms with Crippen LogP contribution in [0.3, 0.4) is 0 Å². The van der Waals surface area contributed by atoms with Crippen molar-refractivity contribution >= 4 is 0 Å². The van der Waals surface area contributed by atoms with E-state index in [1.54, 1.807) is 0 Å². The normalized spacial score (nSPS) is 25.3. The highest BCUT2D eigenvalue weighted by Gasteiger charge is 2.25. The summed E-state index contributed by atoms with van der Waals surface area (Å²) in [6.45, 7) is 8.83. The van der Waals surface area contributed by atoms with Gasteiger partial charge in [-0.05, 0) is 50.6 Å². The smallest absolute Gasteiger partial charge is 0.0120 e. The van der Waals surface area contributed by atoms with Gasteiger partial charge in [-0.15, -0.1) is 11.8 Å². The molecule has 86 valence electrons. The van der Waals surface area contributed by atoms with Gasteiger partial charge < -0.3 is 5.32 Å². The number of nitrogens with one attached hydrogen (secondary N) is 1. The topological polar surface area (TPSA) is 12.0 Å². The summed E-state index contributed by atoms with van der Waals surface area (Å²) in [5, 5.41) is 3.58. The first-order valence-corrected chi connectivity index (χ1v) is 6.34. The quantitative estimate of drug-likeness (QED) is 0.683. The van der Waals surface area contributed by atoms with Crippen molar-refractivity contribution in [2.45, 2.75) is 46.5 Å². The van der Waals surface area contributed by atoms with Gasteiger partial charge in [0.1, 0.15) is 0 Å². The maximum Gasteiger partial charge on any atom is 0.0120 e. The van der Waals surface area contributed by atoms with Gasteiger partial charge >= 0.3 is 0 Å². The average molecular weight is 207 g/mol. The molecule has 1 aliphatic rings. The standard InChI is InChI=1S/C14H25N/c1-4-5-7-13-8-6-9-14(13)11-15-10-12(2)3/h12-15H,6-11H2,1-3H3. The van der Waals surface area contributed by atoms with E-state index in [1.807, 2.05) is 6.92 Å². The fourth-order valence-electron chi connectivity index (χ4n) is 2.44. The highest BCUT2D eigenvalue weighted by molar-refractivity contribution is 4.98. The first kappa shape index (κ1) is 12.6. The Morgan fingerprint density at radius 2 is 2.00 bits per heavy atom. The highest BCUT2D eigenvalue weighted by atomic mass is 14.9. The maximum atomic E-state index is 3.58. The zero-order valence-corrected chi connectivity index (χ0v) is 10.5. The first-order valence-electron chi connectivity index (χ1n) is 6.34. The third-order valence-corrected chi connectivity index (χ3v) is 3.32. The van der Waals surface area contributed by atoms with Gasteiger partial charge in [-0.25, -0.2) is 0 Å². The predicted octanol–water partition coefficient (Wildman–Crippen LogP) is 3.06. The van der Waals surface area contributed by atoms with Crippen molar-refractivity contribution in [3.63, 3.8) is 0 Å². The van der Waals surface area contributed by atoms with Crippen LogP contribution in [0.1, 0.15) is 46.5 Å². The lowest BCUT2D eigenvalue weighted by Gasteiger charge is -2.18. The SMILES string of the molecule is CC#CCC1CCCC1CNCC(C)C. The molecule has 1 aliphatic carbocycles. The molecule has 0 aromatic rings. The molecule has 0 radical (unpaired) electrons. The van der Waals surface area contributed by atoms with Gasteiger partial charge in [-0.3, -0.25) is 0 Å². The van der Waals surface area contributed by atoms with Gasteiger partial charge in [0.15, 0.2) is 0 Å². The molecule has 0 aliphatic heterocycles. The van der Waals surface area contributed by atoms with Crippen molar-refractivity contribution in [2.75, 3.05) is 13.1 Å². The molecule has 1 heteroatoms. The van der Waals surface area contributed by atoms with Gasteiger partial charge in [0.25, 0.3) is 0 Å². The van der Waals surface area contributed by atoms with Crippen LogP contribution in [0.15, 0.2) is 0 Å². The lowest BCUT2D eigenvalue weighted by Crippen LogP contribution is -2.28. The van der Waals surface area contributed by atoms with Crippen LogP contribution < -0.4 is 5.32 Å². The Balaban J connectivity index is 2.22. The first-order chi connectivity index (χ1) is 7.24. The predicted molar refractivity (Wildman–Crippen MR) is 66.6 cm³/mol. The van der Waals surface area contributed by atoms with Gasteiger partial charge in [0.05, 0.1) is 0 Å². The summed E-state index contributed by atoms with van der Waals surface area (Å²) < 4.78 is 0. The number of hydrogen-bond donors (Lipinski definition) is 1. The second-order valence-electron chi connectivity index (χ2n) is 5.13. The Bertz CT molecular complexity index is 221. The van der Waals surface area contributed by atoms with Crippen LogP contribution in [0.4, 0.5) is 0 Å². The molecule has 0 saturated heterocycles. The Morgan fingerprint density at radius 3 is 2.67 bits per heavy atom. The van der Waals surface area contributed by atoms with E-state index in [9.17, 15) is 0 Å². The van der Waals surface area contributed by atoms with Crippen LogP contribution in [0, 0.1) is 29.6 Å². The molecule has 1 fully saturated rings. The number of hydrogen-bond acceptors (Lipinski definition) is 1. The minimum atomic E-state index is 0.764. The minimum absolute atomic E-state index is 0.764. The van der Waals surface area contributed by atoms with Crippen LogP contribution in [0.5, 0.6) is 0 Å². The van der Waals surface area contributed by atoms with Gasteiger partial charge in [-0.2, -0.15) is 0 Å². The third-order valence-electron chi connectivity index (χ3n) is 3.32. The molecule has 2 atom stereocenters. The van der Waals surface area contributed by atoms with E-state index in [1.165, 1.54) is 25.8 Å².